The fourth-order valence-electron chi connectivity index (χ4n) is 3.95. The number of carboxylic acids is 1. The summed E-state index contributed by atoms with van der Waals surface area (Å²) in [6.45, 7) is 0.458. The van der Waals surface area contributed by atoms with Crippen molar-refractivity contribution >= 4 is 23.5 Å². The molecule has 4 rings (SSSR count). The van der Waals surface area contributed by atoms with Crippen molar-refractivity contribution in [2.24, 2.45) is 0 Å². The van der Waals surface area contributed by atoms with E-state index in [0.29, 0.717) is 23.6 Å². The van der Waals surface area contributed by atoms with Crippen molar-refractivity contribution in [2.75, 3.05) is 6.54 Å². The molecule has 0 saturated carbocycles. The SMILES string of the molecule is O=C(O)[C@@H]1CCCCN1C(=O)c1ccc(Cl)c(-c2ccc(-c3ccccc3)cc2)c1. The molecular weight excluding hydrogens is 398 g/mol. The van der Waals surface area contributed by atoms with Crippen LogP contribution in [0.15, 0.2) is 72.8 Å². The maximum atomic E-state index is 13.1. The molecule has 1 saturated heterocycles. The Hall–Kier alpha value is -3.11. The fraction of sp³-hybridized carbons (Fsp3) is 0.200. The second kappa shape index (κ2) is 8.72. The van der Waals surface area contributed by atoms with Gasteiger partial charge in [-0.25, -0.2) is 4.79 Å². The van der Waals surface area contributed by atoms with Gasteiger partial charge in [-0.05, 0) is 54.2 Å². The Morgan fingerprint density at radius 3 is 2.23 bits per heavy atom. The van der Waals surface area contributed by atoms with Gasteiger partial charge >= 0.3 is 5.97 Å². The third-order valence-corrected chi connectivity index (χ3v) is 5.89. The first-order valence-corrected chi connectivity index (χ1v) is 10.4. The number of carbonyl (C=O) groups is 2. The molecule has 0 bridgehead atoms. The zero-order chi connectivity index (χ0) is 21.1. The van der Waals surface area contributed by atoms with Gasteiger partial charge in [-0.1, -0.05) is 66.2 Å². The van der Waals surface area contributed by atoms with Gasteiger partial charge in [-0.2, -0.15) is 0 Å². The highest BCUT2D eigenvalue weighted by Gasteiger charge is 2.32. The number of piperidine rings is 1. The molecule has 0 aromatic heterocycles. The van der Waals surface area contributed by atoms with Crippen molar-refractivity contribution < 1.29 is 14.7 Å². The lowest BCUT2D eigenvalue weighted by molar-refractivity contribution is -0.143. The third-order valence-electron chi connectivity index (χ3n) is 5.57. The maximum Gasteiger partial charge on any atom is 0.326 e. The average molecular weight is 420 g/mol. The van der Waals surface area contributed by atoms with Crippen LogP contribution in [0.5, 0.6) is 0 Å². The number of amides is 1. The van der Waals surface area contributed by atoms with E-state index in [9.17, 15) is 14.7 Å². The first kappa shape index (κ1) is 20.2. The molecule has 1 heterocycles. The van der Waals surface area contributed by atoms with E-state index in [0.717, 1.165) is 35.1 Å². The molecule has 1 N–H and O–H groups in total. The summed E-state index contributed by atoms with van der Waals surface area (Å²) in [6, 6.07) is 22.5. The number of carboxylic acid groups (broad SMARTS) is 1. The lowest BCUT2D eigenvalue weighted by Gasteiger charge is -2.33. The molecule has 3 aromatic carbocycles. The molecule has 1 amide bonds. The highest BCUT2D eigenvalue weighted by atomic mass is 35.5. The smallest absolute Gasteiger partial charge is 0.326 e. The normalized spacial score (nSPS) is 16.3. The quantitative estimate of drug-likeness (QED) is 0.585. The minimum atomic E-state index is -0.950. The van der Waals surface area contributed by atoms with E-state index in [2.05, 4.69) is 12.1 Å². The third kappa shape index (κ3) is 4.10. The van der Waals surface area contributed by atoms with Crippen LogP contribution >= 0.6 is 11.6 Å². The van der Waals surface area contributed by atoms with E-state index in [1.165, 1.54) is 4.90 Å². The monoisotopic (exact) mass is 419 g/mol. The molecular formula is C25H22ClNO3. The van der Waals surface area contributed by atoms with Crippen LogP contribution in [-0.4, -0.2) is 34.5 Å². The van der Waals surface area contributed by atoms with Gasteiger partial charge in [0, 0.05) is 22.7 Å². The van der Waals surface area contributed by atoms with Crippen molar-refractivity contribution in [1.29, 1.82) is 0 Å². The second-order valence-electron chi connectivity index (χ2n) is 7.49. The van der Waals surface area contributed by atoms with Crippen molar-refractivity contribution in [3.63, 3.8) is 0 Å². The highest BCUT2D eigenvalue weighted by Crippen LogP contribution is 2.32. The van der Waals surface area contributed by atoms with E-state index >= 15 is 0 Å². The molecule has 152 valence electrons. The lowest BCUT2D eigenvalue weighted by atomic mass is 9.97. The molecule has 0 unspecified atom stereocenters. The minimum Gasteiger partial charge on any atom is -0.480 e. The molecule has 4 nitrogen and oxygen atoms in total. The predicted octanol–water partition coefficient (Wildman–Crippen LogP) is 5.75. The van der Waals surface area contributed by atoms with Gasteiger partial charge in [-0.3, -0.25) is 4.79 Å². The lowest BCUT2D eigenvalue weighted by Crippen LogP contribution is -2.47. The Kier molecular flexibility index (Phi) is 5.86. The molecule has 1 aliphatic heterocycles. The Morgan fingerprint density at radius 2 is 1.53 bits per heavy atom. The second-order valence-corrected chi connectivity index (χ2v) is 7.89. The van der Waals surface area contributed by atoms with Crippen LogP contribution in [0.1, 0.15) is 29.6 Å². The average Bonchev–Trinajstić information content (AvgIpc) is 2.79. The van der Waals surface area contributed by atoms with Crippen LogP contribution in [0.2, 0.25) is 5.02 Å². The van der Waals surface area contributed by atoms with Crippen LogP contribution < -0.4 is 0 Å². The standard InChI is InChI=1S/C25H22ClNO3/c26-22-14-13-20(24(28)27-15-5-4-8-23(27)25(29)30)16-21(22)19-11-9-18(10-12-19)17-6-2-1-3-7-17/h1-3,6-7,9-14,16,23H,4-5,8,15H2,(H,29,30)/t23-/m0/s1. The van der Waals surface area contributed by atoms with Gasteiger partial charge in [0.1, 0.15) is 6.04 Å². The first-order valence-electron chi connectivity index (χ1n) is 10.0. The van der Waals surface area contributed by atoms with E-state index in [1.54, 1.807) is 18.2 Å². The number of rotatable bonds is 4. The Bertz CT molecular complexity index is 1060. The van der Waals surface area contributed by atoms with E-state index < -0.39 is 12.0 Å². The molecule has 0 spiro atoms. The molecule has 0 radical (unpaired) electrons. The van der Waals surface area contributed by atoms with Crippen LogP contribution in [0.25, 0.3) is 22.3 Å². The summed E-state index contributed by atoms with van der Waals surface area (Å²) in [5, 5.41) is 10.0. The first-order chi connectivity index (χ1) is 14.5. The number of aliphatic carboxylic acids is 1. The van der Waals surface area contributed by atoms with Gasteiger partial charge in [0.25, 0.3) is 5.91 Å². The largest absolute Gasteiger partial charge is 0.480 e. The summed E-state index contributed by atoms with van der Waals surface area (Å²) in [4.78, 5) is 26.1. The summed E-state index contributed by atoms with van der Waals surface area (Å²) >= 11 is 6.44. The summed E-state index contributed by atoms with van der Waals surface area (Å²) < 4.78 is 0. The summed E-state index contributed by atoms with van der Waals surface area (Å²) in [5.74, 6) is -1.21. The molecule has 1 atom stereocenters. The topological polar surface area (TPSA) is 57.6 Å². The number of nitrogens with zero attached hydrogens (tertiary/aromatic N) is 1. The summed E-state index contributed by atoms with van der Waals surface area (Å²) in [6.07, 6.45) is 2.12. The zero-order valence-electron chi connectivity index (χ0n) is 16.4. The number of likely N-dealkylation sites (tertiary alicyclic amines) is 1. The summed E-state index contributed by atoms with van der Waals surface area (Å²) in [7, 11) is 0. The fourth-order valence-corrected chi connectivity index (χ4v) is 4.18. The van der Waals surface area contributed by atoms with E-state index in [4.69, 9.17) is 11.6 Å². The summed E-state index contributed by atoms with van der Waals surface area (Å²) in [5.41, 5.74) is 4.34. The van der Waals surface area contributed by atoms with Crippen LogP contribution in [-0.2, 0) is 4.79 Å². The number of benzene rings is 3. The highest BCUT2D eigenvalue weighted by molar-refractivity contribution is 6.33. The predicted molar refractivity (Wildman–Crippen MR) is 119 cm³/mol. The number of halogens is 1. The molecule has 30 heavy (non-hydrogen) atoms. The molecule has 1 aliphatic rings. The van der Waals surface area contributed by atoms with E-state index in [-0.39, 0.29) is 5.91 Å². The molecule has 0 aliphatic carbocycles. The molecule has 5 heteroatoms. The van der Waals surface area contributed by atoms with Gasteiger partial charge in [0.05, 0.1) is 0 Å². The maximum absolute atomic E-state index is 13.1. The zero-order valence-corrected chi connectivity index (χ0v) is 17.2. The van der Waals surface area contributed by atoms with Gasteiger partial charge in [-0.15, -0.1) is 0 Å². The Morgan fingerprint density at radius 1 is 0.867 bits per heavy atom. The number of hydrogen-bond donors (Lipinski definition) is 1. The van der Waals surface area contributed by atoms with Crippen molar-refractivity contribution in [1.82, 2.24) is 4.90 Å². The number of carbonyl (C=O) groups excluding carboxylic acids is 1. The van der Waals surface area contributed by atoms with Gasteiger partial charge in [0.2, 0.25) is 0 Å². The number of hydrogen-bond acceptors (Lipinski definition) is 2. The van der Waals surface area contributed by atoms with Crippen molar-refractivity contribution in [3.8, 4) is 22.3 Å². The Labute approximate surface area is 180 Å². The van der Waals surface area contributed by atoms with Gasteiger partial charge < -0.3 is 10.0 Å². The van der Waals surface area contributed by atoms with Crippen LogP contribution in [0.4, 0.5) is 0 Å². The Balaban J connectivity index is 1.63. The minimum absolute atomic E-state index is 0.263. The molecule has 3 aromatic rings. The molecule has 1 fully saturated rings. The van der Waals surface area contributed by atoms with Crippen molar-refractivity contribution in [2.45, 2.75) is 25.3 Å². The van der Waals surface area contributed by atoms with Crippen LogP contribution in [0.3, 0.4) is 0 Å². The van der Waals surface area contributed by atoms with Crippen LogP contribution in [0, 0.1) is 0 Å². The van der Waals surface area contributed by atoms with Gasteiger partial charge in [0.15, 0.2) is 0 Å². The van der Waals surface area contributed by atoms with Crippen molar-refractivity contribution in [3.05, 3.63) is 83.4 Å². The van der Waals surface area contributed by atoms with E-state index in [1.807, 2.05) is 42.5 Å².